The number of nitrogens with one attached hydrogen (secondary N) is 1. The highest BCUT2D eigenvalue weighted by Crippen LogP contribution is 2.17. The molecule has 0 radical (unpaired) electrons. The molecule has 94 valence electrons. The van der Waals surface area contributed by atoms with Crippen LogP contribution < -0.4 is 5.73 Å². The minimum Gasteiger partial charge on any atom is -0.383 e. The summed E-state index contributed by atoms with van der Waals surface area (Å²) >= 11 is 0. The zero-order valence-corrected chi connectivity index (χ0v) is 10.3. The van der Waals surface area contributed by atoms with Crippen LogP contribution in [0.25, 0.3) is 0 Å². The van der Waals surface area contributed by atoms with Crippen LogP contribution in [0.5, 0.6) is 0 Å². The number of anilines is 1. The molecule has 1 aromatic rings. The fourth-order valence-corrected chi connectivity index (χ4v) is 2.32. The lowest BCUT2D eigenvalue weighted by atomic mass is 10.1. The highest BCUT2D eigenvalue weighted by atomic mass is 16.2. The van der Waals surface area contributed by atoms with Crippen molar-refractivity contribution in [2.75, 3.05) is 39.5 Å². The molecule has 0 saturated carbocycles. The number of likely N-dealkylation sites (tertiary alicyclic amines) is 1. The maximum absolute atomic E-state index is 12.1. The van der Waals surface area contributed by atoms with E-state index >= 15 is 0 Å². The predicted molar refractivity (Wildman–Crippen MR) is 65.6 cm³/mol. The van der Waals surface area contributed by atoms with Gasteiger partial charge in [-0.2, -0.15) is 5.10 Å². The molecule has 0 aromatic carbocycles. The summed E-state index contributed by atoms with van der Waals surface area (Å²) in [5.41, 5.74) is 6.09. The first-order valence-electron chi connectivity index (χ1n) is 5.80. The van der Waals surface area contributed by atoms with Gasteiger partial charge in [0.2, 0.25) is 0 Å². The second kappa shape index (κ2) is 4.75. The van der Waals surface area contributed by atoms with E-state index in [1.165, 1.54) is 6.20 Å². The van der Waals surface area contributed by atoms with Crippen molar-refractivity contribution in [1.82, 2.24) is 20.0 Å². The second-order valence-corrected chi connectivity index (χ2v) is 4.80. The Morgan fingerprint density at radius 3 is 3.06 bits per heavy atom. The number of carbonyl (C=O) groups excluding carboxylic acids is 1. The van der Waals surface area contributed by atoms with Crippen molar-refractivity contribution >= 4 is 11.7 Å². The van der Waals surface area contributed by atoms with Gasteiger partial charge in [-0.3, -0.25) is 9.89 Å². The van der Waals surface area contributed by atoms with Gasteiger partial charge in [-0.1, -0.05) is 0 Å². The number of hydrogen-bond donors (Lipinski definition) is 2. The fraction of sp³-hybridized carbons (Fsp3) is 0.636. The third-order valence-electron chi connectivity index (χ3n) is 3.27. The predicted octanol–water partition coefficient (Wildman–Crippen LogP) is 0.0156. The summed E-state index contributed by atoms with van der Waals surface area (Å²) in [6, 6.07) is 0. The molecule has 1 fully saturated rings. The van der Waals surface area contributed by atoms with E-state index in [-0.39, 0.29) is 5.91 Å². The monoisotopic (exact) mass is 237 g/mol. The Morgan fingerprint density at radius 2 is 2.53 bits per heavy atom. The lowest BCUT2D eigenvalue weighted by molar-refractivity contribution is 0.0775. The van der Waals surface area contributed by atoms with Crippen LogP contribution in [-0.2, 0) is 0 Å². The third-order valence-corrected chi connectivity index (χ3v) is 3.27. The molecule has 1 atom stereocenters. The normalized spacial score (nSPS) is 20.7. The summed E-state index contributed by atoms with van der Waals surface area (Å²) in [4.78, 5) is 16.1. The Balaban J connectivity index is 1.94. The molecule has 1 aliphatic heterocycles. The van der Waals surface area contributed by atoms with Gasteiger partial charge in [0.25, 0.3) is 5.91 Å². The van der Waals surface area contributed by atoms with Gasteiger partial charge in [-0.15, -0.1) is 0 Å². The maximum Gasteiger partial charge on any atom is 0.258 e. The fourth-order valence-electron chi connectivity index (χ4n) is 2.32. The van der Waals surface area contributed by atoms with Gasteiger partial charge in [0.1, 0.15) is 11.4 Å². The number of aromatic nitrogens is 2. The Bertz CT molecular complexity index is 402. The molecule has 0 bridgehead atoms. The minimum absolute atomic E-state index is 0.0641. The third kappa shape index (κ3) is 2.58. The zero-order chi connectivity index (χ0) is 12.4. The van der Waals surface area contributed by atoms with Crippen LogP contribution in [0.3, 0.4) is 0 Å². The number of nitrogen functional groups attached to an aromatic ring is 1. The van der Waals surface area contributed by atoms with Gasteiger partial charge in [0.05, 0.1) is 6.20 Å². The first-order valence-corrected chi connectivity index (χ1v) is 5.80. The van der Waals surface area contributed by atoms with Crippen LogP contribution in [0.15, 0.2) is 6.20 Å². The van der Waals surface area contributed by atoms with Crippen LogP contribution in [0.2, 0.25) is 0 Å². The summed E-state index contributed by atoms with van der Waals surface area (Å²) in [7, 11) is 3.92. The summed E-state index contributed by atoms with van der Waals surface area (Å²) in [5.74, 6) is 0.832. The van der Waals surface area contributed by atoms with E-state index in [4.69, 9.17) is 5.73 Å². The average Bonchev–Trinajstić information content (AvgIpc) is 2.86. The van der Waals surface area contributed by atoms with Crippen molar-refractivity contribution in [1.29, 1.82) is 0 Å². The SMILES string of the molecule is CN1CCC(CN(C)C(=O)c2cn[nH]c2N)C1. The van der Waals surface area contributed by atoms with E-state index in [9.17, 15) is 4.79 Å². The van der Waals surface area contributed by atoms with E-state index in [1.54, 1.807) is 4.90 Å². The molecule has 17 heavy (non-hydrogen) atoms. The van der Waals surface area contributed by atoms with Crippen molar-refractivity contribution in [2.45, 2.75) is 6.42 Å². The second-order valence-electron chi connectivity index (χ2n) is 4.80. The summed E-state index contributed by atoms with van der Waals surface area (Å²) in [6.45, 7) is 2.94. The highest BCUT2D eigenvalue weighted by Gasteiger charge is 2.24. The number of aromatic amines is 1. The number of nitrogens with zero attached hydrogens (tertiary/aromatic N) is 3. The maximum atomic E-state index is 12.1. The smallest absolute Gasteiger partial charge is 0.258 e. The van der Waals surface area contributed by atoms with Gasteiger partial charge in [-0.05, 0) is 25.9 Å². The Morgan fingerprint density at radius 1 is 1.76 bits per heavy atom. The molecule has 0 spiro atoms. The zero-order valence-electron chi connectivity index (χ0n) is 10.3. The molecular formula is C11H19N5O. The summed E-state index contributed by atoms with van der Waals surface area (Å²) in [6.07, 6.45) is 2.63. The van der Waals surface area contributed by atoms with Gasteiger partial charge in [-0.25, -0.2) is 0 Å². The van der Waals surface area contributed by atoms with Crippen molar-refractivity contribution in [3.63, 3.8) is 0 Å². The first-order chi connectivity index (χ1) is 8.08. The summed E-state index contributed by atoms with van der Waals surface area (Å²) in [5, 5.41) is 6.34. The lowest BCUT2D eigenvalue weighted by Gasteiger charge is -2.20. The molecule has 3 N–H and O–H groups in total. The molecule has 1 unspecified atom stereocenters. The van der Waals surface area contributed by atoms with E-state index < -0.39 is 0 Å². The van der Waals surface area contributed by atoms with Crippen LogP contribution >= 0.6 is 0 Å². The number of rotatable bonds is 3. The molecule has 2 heterocycles. The summed E-state index contributed by atoms with van der Waals surface area (Å²) < 4.78 is 0. The Hall–Kier alpha value is -1.56. The molecule has 1 aromatic heterocycles. The van der Waals surface area contributed by atoms with Crippen LogP contribution in [0, 0.1) is 5.92 Å². The molecule has 6 heteroatoms. The topological polar surface area (TPSA) is 78.2 Å². The molecule has 1 aliphatic rings. The number of H-pyrrole nitrogens is 1. The van der Waals surface area contributed by atoms with Crippen molar-refractivity contribution in [3.8, 4) is 0 Å². The standard InChI is InChI=1S/C11H19N5O/c1-15-4-3-8(6-15)7-16(2)11(17)9-5-13-14-10(9)12/h5,8H,3-4,6-7H2,1-2H3,(H3,12,13,14). The highest BCUT2D eigenvalue weighted by molar-refractivity contribution is 5.97. The van der Waals surface area contributed by atoms with Crippen LogP contribution in [0.1, 0.15) is 16.8 Å². The number of carbonyl (C=O) groups is 1. The minimum atomic E-state index is -0.0641. The first kappa shape index (κ1) is 11.9. The van der Waals surface area contributed by atoms with Crippen LogP contribution in [-0.4, -0.2) is 59.6 Å². The lowest BCUT2D eigenvalue weighted by Crippen LogP contribution is -2.33. The van der Waals surface area contributed by atoms with Crippen molar-refractivity contribution < 1.29 is 4.79 Å². The Labute approximate surface area is 101 Å². The van der Waals surface area contributed by atoms with Gasteiger partial charge in [0, 0.05) is 20.1 Å². The molecule has 0 aliphatic carbocycles. The van der Waals surface area contributed by atoms with E-state index in [2.05, 4.69) is 22.1 Å². The quantitative estimate of drug-likeness (QED) is 0.776. The number of nitrogens with two attached hydrogens (primary N) is 1. The largest absolute Gasteiger partial charge is 0.383 e. The number of hydrogen-bond acceptors (Lipinski definition) is 4. The van der Waals surface area contributed by atoms with Gasteiger partial charge < -0.3 is 15.5 Å². The van der Waals surface area contributed by atoms with Gasteiger partial charge >= 0.3 is 0 Å². The molecule has 2 rings (SSSR count). The van der Waals surface area contributed by atoms with E-state index in [1.807, 2.05) is 7.05 Å². The van der Waals surface area contributed by atoms with Crippen LogP contribution in [0.4, 0.5) is 5.82 Å². The van der Waals surface area contributed by atoms with Gasteiger partial charge in [0.15, 0.2) is 0 Å². The molecule has 6 nitrogen and oxygen atoms in total. The van der Waals surface area contributed by atoms with Crippen molar-refractivity contribution in [2.24, 2.45) is 5.92 Å². The number of amides is 1. The molecular weight excluding hydrogens is 218 g/mol. The molecule has 1 saturated heterocycles. The van der Waals surface area contributed by atoms with E-state index in [0.29, 0.717) is 17.3 Å². The average molecular weight is 237 g/mol. The van der Waals surface area contributed by atoms with E-state index in [0.717, 1.165) is 26.1 Å². The molecule has 1 amide bonds. The Kier molecular flexibility index (Phi) is 3.33. The van der Waals surface area contributed by atoms with Crippen molar-refractivity contribution in [3.05, 3.63) is 11.8 Å².